The van der Waals surface area contributed by atoms with Crippen molar-refractivity contribution in [3.8, 4) is 0 Å². The third-order valence-corrected chi connectivity index (χ3v) is 4.03. The highest BCUT2D eigenvalue weighted by atomic mass is 19.1. The van der Waals surface area contributed by atoms with Gasteiger partial charge in [0.05, 0.1) is 0 Å². The number of halogens is 2. The van der Waals surface area contributed by atoms with Crippen LogP contribution in [-0.2, 0) is 0 Å². The van der Waals surface area contributed by atoms with E-state index in [0.717, 1.165) is 12.5 Å². The number of hydrogen-bond acceptors (Lipinski definition) is 2. The van der Waals surface area contributed by atoms with E-state index in [1.54, 1.807) is 0 Å². The average Bonchev–Trinajstić information content (AvgIpc) is 2.63. The Kier molecular flexibility index (Phi) is 5.28. The molecular weight excluding hydrogens is 246 g/mol. The largest absolute Gasteiger partial charge is 0.271 e. The van der Waals surface area contributed by atoms with Crippen LogP contribution in [0.4, 0.5) is 8.78 Å². The number of rotatable bonds is 4. The van der Waals surface area contributed by atoms with Crippen molar-refractivity contribution in [2.24, 2.45) is 11.8 Å². The van der Waals surface area contributed by atoms with E-state index in [1.165, 1.54) is 50.7 Å². The summed E-state index contributed by atoms with van der Waals surface area (Å²) in [4.78, 5) is 0. The first kappa shape index (κ1) is 14.4. The van der Waals surface area contributed by atoms with E-state index in [2.05, 4.69) is 5.43 Å². The molecule has 2 rings (SSSR count). The number of hydrazine groups is 1. The first-order chi connectivity index (χ1) is 9.19. The lowest BCUT2D eigenvalue weighted by molar-refractivity contribution is 0.357. The van der Waals surface area contributed by atoms with Crippen LogP contribution >= 0.6 is 0 Å². The summed E-state index contributed by atoms with van der Waals surface area (Å²) >= 11 is 0. The van der Waals surface area contributed by atoms with Gasteiger partial charge in [-0.3, -0.25) is 11.3 Å². The summed E-state index contributed by atoms with van der Waals surface area (Å²) in [6.45, 7) is 0. The molecule has 0 aromatic heterocycles. The van der Waals surface area contributed by atoms with Gasteiger partial charge in [0, 0.05) is 12.1 Å². The van der Waals surface area contributed by atoms with Crippen LogP contribution in [0.15, 0.2) is 18.2 Å². The molecule has 1 atom stereocenters. The van der Waals surface area contributed by atoms with Gasteiger partial charge in [0.1, 0.15) is 11.6 Å². The maximum atomic E-state index is 13.3. The van der Waals surface area contributed by atoms with Gasteiger partial charge in [0.25, 0.3) is 0 Å². The van der Waals surface area contributed by atoms with E-state index >= 15 is 0 Å². The van der Waals surface area contributed by atoms with E-state index in [4.69, 9.17) is 5.84 Å². The Bertz CT molecular complexity index is 381. The van der Waals surface area contributed by atoms with Crippen molar-refractivity contribution in [3.05, 3.63) is 35.4 Å². The zero-order valence-corrected chi connectivity index (χ0v) is 11.2. The molecule has 4 heteroatoms. The van der Waals surface area contributed by atoms with Crippen LogP contribution in [0.3, 0.4) is 0 Å². The van der Waals surface area contributed by atoms with Crippen molar-refractivity contribution < 1.29 is 8.78 Å². The van der Waals surface area contributed by atoms with E-state index in [0.29, 0.717) is 11.5 Å². The van der Waals surface area contributed by atoms with Gasteiger partial charge in [-0.15, -0.1) is 0 Å². The van der Waals surface area contributed by atoms with Crippen LogP contribution in [0.5, 0.6) is 0 Å². The standard InChI is InChI=1S/C15H22F2N2/c16-13-8-12(9-14(17)10-13)15(19-18)7-11-5-3-1-2-4-6-11/h8-11,15,19H,1-7,18H2. The van der Waals surface area contributed by atoms with Gasteiger partial charge < -0.3 is 0 Å². The second-order valence-electron chi connectivity index (χ2n) is 5.52. The molecule has 19 heavy (non-hydrogen) atoms. The van der Waals surface area contributed by atoms with Gasteiger partial charge in [0.15, 0.2) is 0 Å². The quantitative estimate of drug-likeness (QED) is 0.495. The number of hydrogen-bond donors (Lipinski definition) is 2. The Morgan fingerprint density at radius 1 is 1.05 bits per heavy atom. The molecule has 3 N–H and O–H groups in total. The third kappa shape index (κ3) is 4.25. The molecule has 0 heterocycles. The Hall–Kier alpha value is -1.00. The molecule has 1 unspecified atom stereocenters. The fraction of sp³-hybridized carbons (Fsp3) is 0.600. The Balaban J connectivity index is 2.05. The summed E-state index contributed by atoms with van der Waals surface area (Å²) in [5.74, 6) is 5.07. The van der Waals surface area contributed by atoms with E-state index < -0.39 is 11.6 Å². The minimum atomic E-state index is -0.545. The van der Waals surface area contributed by atoms with Gasteiger partial charge in [-0.2, -0.15) is 0 Å². The highest BCUT2D eigenvalue weighted by Gasteiger charge is 2.19. The molecule has 0 bridgehead atoms. The molecular formula is C15H22F2N2. The van der Waals surface area contributed by atoms with Crippen molar-refractivity contribution in [2.75, 3.05) is 0 Å². The maximum Gasteiger partial charge on any atom is 0.126 e. The number of nitrogens with one attached hydrogen (secondary N) is 1. The average molecular weight is 268 g/mol. The van der Waals surface area contributed by atoms with Crippen molar-refractivity contribution >= 4 is 0 Å². The van der Waals surface area contributed by atoms with Gasteiger partial charge >= 0.3 is 0 Å². The van der Waals surface area contributed by atoms with Gasteiger partial charge in [-0.05, 0) is 30.0 Å². The monoisotopic (exact) mass is 268 g/mol. The molecule has 0 aliphatic heterocycles. The van der Waals surface area contributed by atoms with Crippen LogP contribution in [0.1, 0.15) is 56.6 Å². The van der Waals surface area contributed by atoms with Crippen LogP contribution < -0.4 is 11.3 Å². The van der Waals surface area contributed by atoms with Gasteiger partial charge in [-0.25, -0.2) is 8.78 Å². The molecule has 1 saturated carbocycles. The van der Waals surface area contributed by atoms with Crippen molar-refractivity contribution in [1.29, 1.82) is 0 Å². The predicted octanol–water partition coefficient (Wildman–Crippen LogP) is 3.83. The summed E-state index contributed by atoms with van der Waals surface area (Å²) in [7, 11) is 0. The minimum Gasteiger partial charge on any atom is -0.271 e. The van der Waals surface area contributed by atoms with Crippen LogP contribution in [0, 0.1) is 17.6 Å². The Labute approximate surface area is 113 Å². The Morgan fingerprint density at radius 3 is 2.16 bits per heavy atom. The SMILES string of the molecule is NNC(CC1CCCCCC1)c1cc(F)cc(F)c1. The van der Waals surface area contributed by atoms with Crippen molar-refractivity contribution in [1.82, 2.24) is 5.43 Å². The summed E-state index contributed by atoms with van der Waals surface area (Å²) in [5, 5.41) is 0. The second-order valence-corrected chi connectivity index (χ2v) is 5.52. The second kappa shape index (κ2) is 6.96. The molecule has 0 amide bonds. The molecule has 0 spiro atoms. The Morgan fingerprint density at radius 2 is 1.63 bits per heavy atom. The third-order valence-electron chi connectivity index (χ3n) is 4.03. The summed E-state index contributed by atoms with van der Waals surface area (Å²) in [5.41, 5.74) is 3.31. The molecule has 106 valence electrons. The fourth-order valence-electron chi connectivity index (χ4n) is 3.01. The van der Waals surface area contributed by atoms with Crippen LogP contribution in [0.25, 0.3) is 0 Å². The minimum absolute atomic E-state index is 0.173. The number of benzene rings is 1. The molecule has 1 aromatic carbocycles. The normalized spacial score (nSPS) is 19.1. The van der Waals surface area contributed by atoms with Gasteiger partial charge in [0.2, 0.25) is 0 Å². The summed E-state index contributed by atoms with van der Waals surface area (Å²) < 4.78 is 26.5. The first-order valence-corrected chi connectivity index (χ1v) is 7.11. The molecule has 1 fully saturated rings. The topological polar surface area (TPSA) is 38.0 Å². The lowest BCUT2D eigenvalue weighted by Crippen LogP contribution is -2.30. The molecule has 2 nitrogen and oxygen atoms in total. The smallest absolute Gasteiger partial charge is 0.126 e. The zero-order chi connectivity index (χ0) is 13.7. The highest BCUT2D eigenvalue weighted by Crippen LogP contribution is 2.31. The fourth-order valence-corrected chi connectivity index (χ4v) is 3.01. The lowest BCUT2D eigenvalue weighted by Gasteiger charge is -2.22. The van der Waals surface area contributed by atoms with Gasteiger partial charge in [-0.1, -0.05) is 38.5 Å². The van der Waals surface area contributed by atoms with Crippen molar-refractivity contribution in [3.63, 3.8) is 0 Å². The molecule has 0 radical (unpaired) electrons. The van der Waals surface area contributed by atoms with E-state index in [1.807, 2.05) is 0 Å². The van der Waals surface area contributed by atoms with Crippen LogP contribution in [-0.4, -0.2) is 0 Å². The molecule has 1 aliphatic carbocycles. The van der Waals surface area contributed by atoms with Crippen LogP contribution in [0.2, 0.25) is 0 Å². The first-order valence-electron chi connectivity index (χ1n) is 7.11. The lowest BCUT2D eigenvalue weighted by atomic mass is 9.90. The number of nitrogens with two attached hydrogens (primary N) is 1. The van der Waals surface area contributed by atoms with E-state index in [9.17, 15) is 8.78 Å². The van der Waals surface area contributed by atoms with Crippen molar-refractivity contribution in [2.45, 2.75) is 51.0 Å². The zero-order valence-electron chi connectivity index (χ0n) is 11.2. The summed E-state index contributed by atoms with van der Waals surface area (Å²) in [6, 6.07) is 3.45. The summed E-state index contributed by atoms with van der Waals surface area (Å²) in [6.07, 6.45) is 8.32. The molecule has 1 aromatic rings. The molecule has 1 aliphatic rings. The highest BCUT2D eigenvalue weighted by molar-refractivity contribution is 5.21. The maximum absolute atomic E-state index is 13.3. The van der Waals surface area contributed by atoms with E-state index in [-0.39, 0.29) is 6.04 Å². The molecule has 0 saturated heterocycles. The predicted molar refractivity (Wildman–Crippen MR) is 72.2 cm³/mol.